The minimum atomic E-state index is -3.59. The molecule has 1 rings (SSSR count). The average molecular weight is 387 g/mol. The van der Waals surface area contributed by atoms with Crippen LogP contribution in [0.3, 0.4) is 0 Å². The van der Waals surface area contributed by atoms with E-state index in [0.717, 1.165) is 0 Å². The monoisotopic (exact) mass is 386 g/mol. The van der Waals surface area contributed by atoms with Gasteiger partial charge in [0.15, 0.2) is 0 Å². The highest BCUT2D eigenvalue weighted by Crippen LogP contribution is 2.26. The zero-order valence-electron chi connectivity index (χ0n) is 16.2. The Hall–Kier alpha value is -1.80. The highest BCUT2D eigenvalue weighted by atomic mass is 32.2. The number of carbonyl (C=O) groups excluding carboxylic acids is 1. The third-order valence-corrected chi connectivity index (χ3v) is 5.94. The van der Waals surface area contributed by atoms with Crippen molar-refractivity contribution in [3.05, 3.63) is 24.3 Å². The van der Waals surface area contributed by atoms with E-state index in [1.807, 2.05) is 20.8 Å². The van der Waals surface area contributed by atoms with Crippen LogP contribution in [0.4, 0.5) is 4.79 Å². The van der Waals surface area contributed by atoms with Gasteiger partial charge in [-0.3, -0.25) is 0 Å². The van der Waals surface area contributed by atoms with Crippen LogP contribution in [0.25, 0.3) is 0 Å². The summed E-state index contributed by atoms with van der Waals surface area (Å²) in [5.74, 6) is 0.609. The summed E-state index contributed by atoms with van der Waals surface area (Å²) in [7, 11) is -2.06. The third kappa shape index (κ3) is 6.49. The van der Waals surface area contributed by atoms with E-state index in [1.54, 1.807) is 31.2 Å². The van der Waals surface area contributed by atoms with Crippen LogP contribution < -0.4 is 10.1 Å². The van der Waals surface area contributed by atoms with Crippen molar-refractivity contribution in [2.45, 2.75) is 39.0 Å². The maximum absolute atomic E-state index is 12.9. The van der Waals surface area contributed by atoms with E-state index in [9.17, 15) is 13.2 Å². The second-order valence-corrected chi connectivity index (χ2v) is 8.61. The number of nitrogens with one attached hydrogen (secondary N) is 1. The van der Waals surface area contributed by atoms with Gasteiger partial charge in [-0.2, -0.15) is 4.31 Å². The molecule has 0 unspecified atom stereocenters. The van der Waals surface area contributed by atoms with Gasteiger partial charge in [0.05, 0.1) is 18.6 Å². The lowest BCUT2D eigenvalue weighted by Gasteiger charge is -2.31. The van der Waals surface area contributed by atoms with E-state index < -0.39 is 16.1 Å². The predicted molar refractivity (Wildman–Crippen MR) is 101 cm³/mol. The molecule has 0 aromatic heterocycles. The van der Waals surface area contributed by atoms with Gasteiger partial charge in [-0.05, 0) is 43.0 Å². The van der Waals surface area contributed by atoms with Crippen LogP contribution in [0.2, 0.25) is 0 Å². The Morgan fingerprint density at radius 3 is 2.31 bits per heavy atom. The summed E-state index contributed by atoms with van der Waals surface area (Å²) in [6, 6.07) is 6.36. The summed E-state index contributed by atoms with van der Waals surface area (Å²) in [6.07, 6.45) is 0.169. The number of carbonyl (C=O) groups is 1. The summed E-state index contributed by atoms with van der Waals surface area (Å²) in [4.78, 5) is 11.6. The van der Waals surface area contributed by atoms with Gasteiger partial charge in [0, 0.05) is 19.6 Å². The molecule has 148 valence electrons. The Morgan fingerprint density at radius 1 is 1.19 bits per heavy atom. The van der Waals surface area contributed by atoms with Crippen molar-refractivity contribution < 1.29 is 22.7 Å². The number of ether oxygens (including phenoxy) is 2. The molecule has 1 aromatic rings. The van der Waals surface area contributed by atoms with Crippen molar-refractivity contribution in [2.75, 3.05) is 33.4 Å². The van der Waals surface area contributed by atoms with Gasteiger partial charge >= 0.3 is 6.09 Å². The average Bonchev–Trinajstić information content (AvgIpc) is 2.59. The molecule has 0 saturated heterocycles. The van der Waals surface area contributed by atoms with E-state index in [1.165, 1.54) is 11.4 Å². The van der Waals surface area contributed by atoms with Gasteiger partial charge in [0.25, 0.3) is 0 Å². The molecule has 1 amide bonds. The fourth-order valence-corrected chi connectivity index (χ4v) is 4.14. The highest BCUT2D eigenvalue weighted by molar-refractivity contribution is 7.89. The van der Waals surface area contributed by atoms with Crippen molar-refractivity contribution in [3.8, 4) is 5.75 Å². The van der Waals surface area contributed by atoms with Gasteiger partial charge in [-0.1, -0.05) is 20.8 Å². The standard InChI is InChI=1S/C18H30N2O5S/c1-6-20(14-18(3,4)12-13-19-17(21)25-7-2)26(22,23)16-10-8-15(24-5)9-11-16/h8-11H,6-7,12-14H2,1-5H3,(H,19,21). The Labute approximate surface area is 156 Å². The number of benzene rings is 1. The Bertz CT molecular complexity index is 671. The minimum Gasteiger partial charge on any atom is -0.497 e. The number of rotatable bonds is 10. The fraction of sp³-hybridized carbons (Fsp3) is 0.611. The van der Waals surface area contributed by atoms with E-state index in [0.29, 0.717) is 38.4 Å². The molecule has 0 atom stereocenters. The van der Waals surface area contributed by atoms with Crippen LogP contribution in [0.5, 0.6) is 5.75 Å². The molecule has 0 fully saturated rings. The number of sulfonamides is 1. The zero-order chi connectivity index (χ0) is 19.8. The van der Waals surface area contributed by atoms with Crippen LogP contribution in [-0.2, 0) is 14.8 Å². The van der Waals surface area contributed by atoms with E-state index in [4.69, 9.17) is 9.47 Å². The van der Waals surface area contributed by atoms with Gasteiger partial charge in [0.1, 0.15) is 5.75 Å². The predicted octanol–water partition coefficient (Wildman–Crippen LogP) is 2.87. The SMILES string of the molecule is CCOC(=O)NCCC(C)(C)CN(CC)S(=O)(=O)c1ccc(OC)cc1. The minimum absolute atomic E-state index is 0.237. The Morgan fingerprint density at radius 2 is 1.81 bits per heavy atom. The number of hydrogen-bond acceptors (Lipinski definition) is 5. The molecule has 1 aromatic carbocycles. The number of hydrogen-bond donors (Lipinski definition) is 1. The number of methoxy groups -OCH3 is 1. The first-order valence-corrected chi connectivity index (χ1v) is 10.1. The normalized spacial score (nSPS) is 12.1. The lowest BCUT2D eigenvalue weighted by Crippen LogP contribution is -2.40. The second kappa shape index (κ2) is 9.78. The van der Waals surface area contributed by atoms with Crippen molar-refractivity contribution in [2.24, 2.45) is 5.41 Å². The van der Waals surface area contributed by atoms with E-state index in [2.05, 4.69) is 5.32 Å². The van der Waals surface area contributed by atoms with Crippen molar-refractivity contribution >= 4 is 16.1 Å². The number of nitrogens with zero attached hydrogens (tertiary/aromatic N) is 1. The molecule has 0 radical (unpaired) electrons. The third-order valence-electron chi connectivity index (χ3n) is 4.00. The summed E-state index contributed by atoms with van der Waals surface area (Å²) in [6.45, 7) is 8.97. The second-order valence-electron chi connectivity index (χ2n) is 6.67. The molecule has 26 heavy (non-hydrogen) atoms. The van der Waals surface area contributed by atoms with Gasteiger partial charge < -0.3 is 14.8 Å². The first-order chi connectivity index (χ1) is 12.2. The number of alkyl carbamates (subject to hydrolysis) is 1. The lowest BCUT2D eigenvalue weighted by atomic mass is 9.89. The Balaban J connectivity index is 2.77. The van der Waals surface area contributed by atoms with Crippen LogP contribution >= 0.6 is 0 Å². The van der Waals surface area contributed by atoms with Gasteiger partial charge in [0.2, 0.25) is 10.0 Å². The molecule has 7 nitrogen and oxygen atoms in total. The molecule has 0 bridgehead atoms. The lowest BCUT2D eigenvalue weighted by molar-refractivity contribution is 0.149. The fourth-order valence-electron chi connectivity index (χ4n) is 2.51. The van der Waals surface area contributed by atoms with Crippen LogP contribution in [0, 0.1) is 5.41 Å². The molecule has 0 saturated carbocycles. The van der Waals surface area contributed by atoms with Gasteiger partial charge in [-0.15, -0.1) is 0 Å². The van der Waals surface area contributed by atoms with Crippen molar-refractivity contribution in [3.63, 3.8) is 0 Å². The van der Waals surface area contributed by atoms with Crippen LogP contribution in [0.15, 0.2) is 29.2 Å². The highest BCUT2D eigenvalue weighted by Gasteiger charge is 2.29. The molecule has 8 heteroatoms. The number of amides is 1. The largest absolute Gasteiger partial charge is 0.497 e. The molecular formula is C18H30N2O5S. The summed E-state index contributed by atoms with van der Waals surface area (Å²) >= 11 is 0. The quantitative estimate of drug-likeness (QED) is 0.668. The molecule has 0 spiro atoms. The summed E-state index contributed by atoms with van der Waals surface area (Å²) in [5, 5.41) is 2.67. The Kier molecular flexibility index (Phi) is 8.36. The van der Waals surface area contributed by atoms with Crippen LogP contribution in [0.1, 0.15) is 34.1 Å². The maximum atomic E-state index is 12.9. The van der Waals surface area contributed by atoms with Crippen molar-refractivity contribution in [1.82, 2.24) is 9.62 Å². The van der Waals surface area contributed by atoms with Crippen molar-refractivity contribution in [1.29, 1.82) is 0 Å². The molecule has 0 heterocycles. The maximum Gasteiger partial charge on any atom is 0.407 e. The first-order valence-electron chi connectivity index (χ1n) is 8.71. The smallest absolute Gasteiger partial charge is 0.407 e. The van der Waals surface area contributed by atoms with E-state index >= 15 is 0 Å². The van der Waals surface area contributed by atoms with E-state index in [-0.39, 0.29) is 10.3 Å². The topological polar surface area (TPSA) is 84.9 Å². The van der Waals surface area contributed by atoms with Crippen LogP contribution in [-0.4, -0.2) is 52.2 Å². The summed E-state index contributed by atoms with van der Waals surface area (Å²) in [5.41, 5.74) is -0.310. The molecule has 0 aliphatic carbocycles. The zero-order valence-corrected chi connectivity index (χ0v) is 17.1. The molecule has 0 aliphatic heterocycles. The first kappa shape index (κ1) is 22.2. The molecule has 1 N–H and O–H groups in total. The molecular weight excluding hydrogens is 356 g/mol. The van der Waals surface area contributed by atoms with Gasteiger partial charge in [-0.25, -0.2) is 13.2 Å². The molecule has 0 aliphatic rings. The summed E-state index contributed by atoms with van der Waals surface area (Å²) < 4.78 is 37.2.